The molecule has 1 aromatic heterocycles. The molecule has 2 aliphatic heterocycles. The number of hydrogen-bond acceptors (Lipinski definition) is 7. The van der Waals surface area contributed by atoms with Gasteiger partial charge in [0.1, 0.15) is 11.6 Å². The Balaban J connectivity index is 0.00000506. The molecule has 43 heavy (non-hydrogen) atoms. The van der Waals surface area contributed by atoms with Crippen LogP contribution in [0, 0.1) is 19.8 Å². The average Bonchev–Trinajstić information content (AvgIpc) is 3.29. The Bertz CT molecular complexity index is 1370. The second-order valence-corrected chi connectivity index (χ2v) is 14.4. The van der Waals surface area contributed by atoms with Gasteiger partial charge in [0.05, 0.1) is 22.7 Å². The molecule has 2 aliphatic rings. The number of likely N-dealkylation sites (tertiary alicyclic amines) is 1. The molecule has 2 aromatic rings. The number of nitrogens with one attached hydrogen (secondary N) is 2. The van der Waals surface area contributed by atoms with E-state index in [1.54, 1.807) is 17.0 Å². The normalized spacial score (nSPS) is 20.8. The Hall–Kier alpha value is -2.51. The lowest BCUT2D eigenvalue weighted by Crippen LogP contribution is -2.75. The van der Waals surface area contributed by atoms with E-state index in [1.165, 1.54) is 18.4 Å². The van der Waals surface area contributed by atoms with E-state index in [2.05, 4.69) is 27.3 Å². The third-order valence-electron chi connectivity index (χ3n) is 8.94. The molecule has 3 atom stereocenters. The van der Waals surface area contributed by atoms with Crippen LogP contribution in [0.15, 0.2) is 29.2 Å². The molecule has 0 radical (unpaired) electrons. The van der Waals surface area contributed by atoms with Crippen LogP contribution in [-0.2, 0) is 19.6 Å². The maximum absolute atomic E-state index is 13.8. The lowest BCUT2D eigenvalue weighted by Gasteiger charge is -2.53. The van der Waals surface area contributed by atoms with Crippen LogP contribution in [0.5, 0.6) is 0 Å². The van der Waals surface area contributed by atoms with Gasteiger partial charge in [-0.15, -0.1) is 12.4 Å². The zero-order valence-electron chi connectivity index (χ0n) is 26.3. The SMILES string of the molecule is CCCCN1C(=O)[C@@H]([C@H](O)C(C)C)NC(=O)C12CCN(C(c1ccc(S(=O)(=O)N(C)C)cc1)c1c(C)n[nH]c1C)CC2.Cl. The number of hydrogen-bond donors (Lipinski definition) is 3. The van der Waals surface area contributed by atoms with Gasteiger partial charge in [0.15, 0.2) is 0 Å². The van der Waals surface area contributed by atoms with Gasteiger partial charge in [-0.05, 0) is 56.7 Å². The number of carbonyl (C=O) groups is 2. The fraction of sp³-hybridized carbons (Fsp3) is 0.633. The standard InChI is InChI=1S/C30H46N6O5S.ClH/c1-8-9-16-36-28(38)25(27(37)19(2)3)31-29(39)30(36)14-17-35(18-15-30)26(24-20(4)32-33-21(24)5)22-10-12-23(13-11-22)42(40,41)34(6)7;/h10-13,19,25-27,37H,8-9,14-18H2,1-7H3,(H,31,39)(H,32,33);1H/t25-,26?,27-;/m1./s1. The number of piperidine rings is 1. The van der Waals surface area contributed by atoms with Crippen LogP contribution in [0.3, 0.4) is 0 Å². The smallest absolute Gasteiger partial charge is 0.248 e. The van der Waals surface area contributed by atoms with Gasteiger partial charge in [-0.1, -0.05) is 39.3 Å². The fourth-order valence-corrected chi connectivity index (χ4v) is 7.20. The molecule has 2 saturated heterocycles. The number of rotatable bonds is 10. The third-order valence-corrected chi connectivity index (χ3v) is 10.8. The van der Waals surface area contributed by atoms with Crippen molar-refractivity contribution >= 4 is 34.2 Å². The molecule has 4 rings (SSSR count). The van der Waals surface area contributed by atoms with Gasteiger partial charge in [-0.2, -0.15) is 5.10 Å². The van der Waals surface area contributed by atoms with Crippen molar-refractivity contribution in [3.05, 3.63) is 46.8 Å². The minimum Gasteiger partial charge on any atom is -0.390 e. The summed E-state index contributed by atoms with van der Waals surface area (Å²) in [5.41, 5.74) is 2.72. The first-order chi connectivity index (χ1) is 19.8. The van der Waals surface area contributed by atoms with E-state index in [1.807, 2.05) is 39.8 Å². The number of unbranched alkanes of at least 4 members (excludes halogenated alkanes) is 1. The van der Waals surface area contributed by atoms with Gasteiger partial charge in [-0.3, -0.25) is 19.6 Å². The van der Waals surface area contributed by atoms with Gasteiger partial charge in [0.2, 0.25) is 21.8 Å². The molecule has 2 amide bonds. The number of carbonyl (C=O) groups excluding carboxylic acids is 2. The number of H-pyrrole nitrogens is 1. The summed E-state index contributed by atoms with van der Waals surface area (Å²) in [4.78, 5) is 31.8. The lowest BCUT2D eigenvalue weighted by molar-refractivity contribution is -0.165. The number of aryl methyl sites for hydroxylation is 2. The molecule has 3 heterocycles. The molecule has 0 saturated carbocycles. The summed E-state index contributed by atoms with van der Waals surface area (Å²) in [6.07, 6.45) is 1.58. The molecule has 0 bridgehead atoms. The van der Waals surface area contributed by atoms with E-state index in [0.717, 1.165) is 35.4 Å². The van der Waals surface area contributed by atoms with Gasteiger partial charge < -0.3 is 15.3 Å². The third kappa shape index (κ3) is 6.49. The number of aromatic amines is 1. The number of sulfonamides is 1. The molecule has 1 unspecified atom stereocenters. The fourth-order valence-electron chi connectivity index (χ4n) is 6.30. The molecular formula is C30H47ClN6O5S. The molecule has 1 spiro atoms. The molecule has 0 aliphatic carbocycles. The van der Waals surface area contributed by atoms with E-state index in [-0.39, 0.29) is 41.1 Å². The average molecular weight is 639 g/mol. The zero-order valence-corrected chi connectivity index (χ0v) is 27.9. The summed E-state index contributed by atoms with van der Waals surface area (Å²) in [5, 5.41) is 21.2. The van der Waals surface area contributed by atoms with Crippen molar-refractivity contribution in [2.24, 2.45) is 5.92 Å². The summed E-state index contributed by atoms with van der Waals surface area (Å²) >= 11 is 0. The van der Waals surface area contributed by atoms with Crippen molar-refractivity contribution in [1.29, 1.82) is 0 Å². The molecular weight excluding hydrogens is 592 g/mol. The van der Waals surface area contributed by atoms with E-state index < -0.39 is 27.7 Å². The van der Waals surface area contributed by atoms with Gasteiger partial charge >= 0.3 is 0 Å². The van der Waals surface area contributed by atoms with E-state index in [0.29, 0.717) is 32.5 Å². The Labute approximate surface area is 261 Å². The Morgan fingerprint density at radius 2 is 1.72 bits per heavy atom. The highest BCUT2D eigenvalue weighted by atomic mass is 35.5. The molecule has 1 aromatic carbocycles. The number of amides is 2. The molecule has 240 valence electrons. The van der Waals surface area contributed by atoms with Crippen LogP contribution in [-0.4, -0.2) is 101 Å². The second kappa shape index (κ2) is 13.6. The lowest BCUT2D eigenvalue weighted by atomic mass is 9.79. The number of aliphatic hydroxyl groups excluding tert-OH is 1. The number of halogens is 1. The minimum absolute atomic E-state index is 0. The number of benzene rings is 1. The van der Waals surface area contributed by atoms with Crippen LogP contribution in [0.1, 0.15) is 75.0 Å². The first kappa shape index (κ1) is 35.0. The highest BCUT2D eigenvalue weighted by Gasteiger charge is 2.55. The zero-order chi connectivity index (χ0) is 31.0. The van der Waals surface area contributed by atoms with E-state index in [9.17, 15) is 23.1 Å². The maximum atomic E-state index is 13.8. The van der Waals surface area contributed by atoms with Crippen molar-refractivity contribution in [2.75, 3.05) is 33.7 Å². The van der Waals surface area contributed by atoms with Crippen LogP contribution < -0.4 is 5.32 Å². The summed E-state index contributed by atoms with van der Waals surface area (Å²) < 4.78 is 26.6. The molecule has 2 fully saturated rings. The Morgan fingerprint density at radius 3 is 2.21 bits per heavy atom. The van der Waals surface area contributed by atoms with Gasteiger partial charge in [-0.25, -0.2) is 12.7 Å². The van der Waals surface area contributed by atoms with Crippen LogP contribution in [0.25, 0.3) is 0 Å². The highest BCUT2D eigenvalue weighted by Crippen LogP contribution is 2.40. The number of nitrogens with zero attached hydrogens (tertiary/aromatic N) is 4. The number of aliphatic hydroxyl groups is 1. The predicted molar refractivity (Wildman–Crippen MR) is 167 cm³/mol. The van der Waals surface area contributed by atoms with Crippen LogP contribution in [0.2, 0.25) is 0 Å². The number of piperazine rings is 1. The van der Waals surface area contributed by atoms with Gasteiger partial charge in [0.25, 0.3) is 0 Å². The quantitative estimate of drug-likeness (QED) is 0.364. The van der Waals surface area contributed by atoms with Crippen LogP contribution in [0.4, 0.5) is 0 Å². The van der Waals surface area contributed by atoms with Crippen molar-refractivity contribution < 1.29 is 23.1 Å². The maximum Gasteiger partial charge on any atom is 0.248 e. The summed E-state index contributed by atoms with van der Waals surface area (Å²) in [5.74, 6) is -0.592. The van der Waals surface area contributed by atoms with Crippen molar-refractivity contribution in [3.8, 4) is 0 Å². The Kier molecular flexibility index (Phi) is 11.1. The number of aromatic nitrogens is 2. The first-order valence-corrected chi connectivity index (χ1v) is 16.3. The van der Waals surface area contributed by atoms with E-state index in [4.69, 9.17) is 0 Å². The largest absolute Gasteiger partial charge is 0.390 e. The van der Waals surface area contributed by atoms with Crippen molar-refractivity contribution in [3.63, 3.8) is 0 Å². The van der Waals surface area contributed by atoms with Crippen molar-refractivity contribution in [2.45, 2.75) is 88.9 Å². The minimum atomic E-state index is -3.57. The summed E-state index contributed by atoms with van der Waals surface area (Å²) in [6, 6.07) is 5.79. The molecule has 3 N–H and O–H groups in total. The monoisotopic (exact) mass is 638 g/mol. The topological polar surface area (TPSA) is 139 Å². The summed E-state index contributed by atoms with van der Waals surface area (Å²) in [6.45, 7) is 11.2. The second-order valence-electron chi connectivity index (χ2n) is 12.2. The Morgan fingerprint density at radius 1 is 1.12 bits per heavy atom. The van der Waals surface area contributed by atoms with E-state index >= 15 is 0 Å². The molecule has 11 nitrogen and oxygen atoms in total. The van der Waals surface area contributed by atoms with Crippen LogP contribution >= 0.6 is 12.4 Å². The molecule has 13 heteroatoms. The summed E-state index contributed by atoms with van der Waals surface area (Å²) in [7, 11) is -0.554. The van der Waals surface area contributed by atoms with Gasteiger partial charge in [0, 0.05) is 45.0 Å². The predicted octanol–water partition coefficient (Wildman–Crippen LogP) is 2.77. The van der Waals surface area contributed by atoms with Crippen molar-refractivity contribution in [1.82, 2.24) is 29.6 Å². The highest BCUT2D eigenvalue weighted by molar-refractivity contribution is 7.89. The first-order valence-electron chi connectivity index (χ1n) is 14.8.